The van der Waals surface area contributed by atoms with Crippen LogP contribution in [0.25, 0.3) is 26.5 Å². The Morgan fingerprint density at radius 2 is 1.94 bits per heavy atom. The van der Waals surface area contributed by atoms with Crippen molar-refractivity contribution in [3.63, 3.8) is 0 Å². The number of fused-ring (bicyclic) bond motifs is 1. The highest BCUT2D eigenvalue weighted by Crippen LogP contribution is 2.32. The molecule has 1 aromatic carbocycles. The molecule has 0 aliphatic carbocycles. The van der Waals surface area contributed by atoms with Gasteiger partial charge in [0.25, 0.3) is 5.56 Å². The van der Waals surface area contributed by atoms with Crippen LogP contribution in [0.2, 0.25) is 0 Å². The van der Waals surface area contributed by atoms with Crippen LogP contribution in [0, 0.1) is 13.8 Å². The minimum Gasteiger partial charge on any atom is -0.294 e. The summed E-state index contributed by atoms with van der Waals surface area (Å²) in [4.78, 5) is 36.0. The van der Waals surface area contributed by atoms with E-state index in [2.05, 4.69) is 4.98 Å². The molecule has 4 aromatic heterocycles. The zero-order valence-corrected chi connectivity index (χ0v) is 20.7. The van der Waals surface area contributed by atoms with Crippen molar-refractivity contribution in [2.75, 3.05) is 5.75 Å². The number of rotatable bonds is 6. The molecule has 0 atom stereocenters. The molecule has 6 nitrogen and oxygen atoms in total. The van der Waals surface area contributed by atoms with Crippen molar-refractivity contribution >= 4 is 50.4 Å². The third-order valence-electron chi connectivity index (χ3n) is 5.53. The quantitative estimate of drug-likeness (QED) is 0.178. The second-order valence-corrected chi connectivity index (χ2v) is 10.3. The lowest BCUT2D eigenvalue weighted by atomic mass is 10.1. The van der Waals surface area contributed by atoms with Crippen LogP contribution in [-0.4, -0.2) is 30.6 Å². The number of thioether (sulfide) groups is 1. The monoisotopic (exact) mass is 492 g/mol. The van der Waals surface area contributed by atoms with Gasteiger partial charge in [0.2, 0.25) is 0 Å². The number of thiophene rings is 1. The van der Waals surface area contributed by atoms with Crippen LogP contribution in [0.1, 0.15) is 21.7 Å². The molecule has 0 unspecified atom stereocenters. The molecular formula is C24H20N4O2S3. The van der Waals surface area contributed by atoms with E-state index >= 15 is 0 Å². The highest BCUT2D eigenvalue weighted by Gasteiger charge is 2.20. The molecule has 0 spiro atoms. The fraction of sp³-hybridized carbons (Fsp3) is 0.167. The maximum absolute atomic E-state index is 13.2. The Bertz CT molecular complexity index is 1530. The summed E-state index contributed by atoms with van der Waals surface area (Å²) in [7, 11) is 1.71. The van der Waals surface area contributed by atoms with Crippen LogP contribution >= 0.6 is 34.4 Å². The smallest absolute Gasteiger partial charge is 0.263 e. The maximum Gasteiger partial charge on any atom is 0.263 e. The first-order chi connectivity index (χ1) is 16.0. The molecule has 0 bridgehead atoms. The lowest BCUT2D eigenvalue weighted by molar-refractivity contribution is 0.102. The lowest BCUT2D eigenvalue weighted by Gasteiger charge is -2.08. The number of Topliss-reactive ketones (excluding diaryl/α,β-unsaturated/α-hetero) is 1. The number of benzene rings is 1. The van der Waals surface area contributed by atoms with E-state index in [-0.39, 0.29) is 17.1 Å². The van der Waals surface area contributed by atoms with Crippen LogP contribution in [0.3, 0.4) is 0 Å². The van der Waals surface area contributed by atoms with Gasteiger partial charge in [-0.05, 0) is 25.5 Å². The van der Waals surface area contributed by atoms with Gasteiger partial charge in [0.05, 0.1) is 11.1 Å². The molecule has 0 aliphatic rings. The number of carbonyl (C=O) groups is 1. The lowest BCUT2D eigenvalue weighted by Crippen LogP contribution is -2.20. The Morgan fingerprint density at radius 1 is 1.15 bits per heavy atom. The summed E-state index contributed by atoms with van der Waals surface area (Å²) in [6.45, 7) is 3.90. The minimum absolute atomic E-state index is 0.00130. The minimum atomic E-state index is -0.100. The molecule has 0 N–H and O–H groups in total. The number of aromatic nitrogens is 4. The number of nitrogens with zero attached hydrogens (tertiary/aromatic N) is 4. The summed E-state index contributed by atoms with van der Waals surface area (Å²) in [6, 6.07) is 11.8. The fourth-order valence-electron chi connectivity index (χ4n) is 3.89. The molecule has 33 heavy (non-hydrogen) atoms. The molecule has 4 heterocycles. The standard InChI is InChI=1S/C24H20N4O2S3/c1-14-11-17(15(2)28(14)23-25-9-10-31-23)19(29)13-33-24-26-21-20(22(30)27(24)3)18(12-32-21)16-7-5-4-6-8-16/h4-12H,13H2,1-3H3. The van der Waals surface area contributed by atoms with E-state index in [1.54, 1.807) is 13.2 Å². The van der Waals surface area contributed by atoms with E-state index in [9.17, 15) is 9.59 Å². The number of hydrogen-bond donors (Lipinski definition) is 0. The molecule has 0 aliphatic heterocycles. The Labute approximate surface area is 202 Å². The summed E-state index contributed by atoms with van der Waals surface area (Å²) in [5.41, 5.74) is 4.30. The average molecular weight is 493 g/mol. The first-order valence-electron chi connectivity index (χ1n) is 10.2. The highest BCUT2D eigenvalue weighted by molar-refractivity contribution is 7.99. The number of ketones is 1. The third-order valence-corrected chi connectivity index (χ3v) is 8.19. The van der Waals surface area contributed by atoms with Gasteiger partial charge in [-0.15, -0.1) is 22.7 Å². The second kappa shape index (κ2) is 8.74. The number of thiazole rings is 1. The molecule has 166 valence electrons. The molecule has 9 heteroatoms. The van der Waals surface area contributed by atoms with Crippen molar-refractivity contribution in [2.24, 2.45) is 7.05 Å². The number of hydrogen-bond acceptors (Lipinski definition) is 7. The summed E-state index contributed by atoms with van der Waals surface area (Å²) < 4.78 is 3.54. The van der Waals surface area contributed by atoms with E-state index in [4.69, 9.17) is 4.98 Å². The van der Waals surface area contributed by atoms with E-state index < -0.39 is 0 Å². The van der Waals surface area contributed by atoms with Crippen LogP contribution in [0.15, 0.2) is 63.3 Å². The van der Waals surface area contributed by atoms with E-state index in [0.717, 1.165) is 27.6 Å². The summed E-state index contributed by atoms with van der Waals surface area (Å²) in [5, 5.41) is 5.90. The van der Waals surface area contributed by atoms with Gasteiger partial charge in [-0.25, -0.2) is 9.97 Å². The molecule has 0 saturated carbocycles. The number of aryl methyl sites for hydroxylation is 1. The second-order valence-electron chi connectivity index (χ2n) is 7.60. The van der Waals surface area contributed by atoms with Crippen molar-refractivity contribution in [1.82, 2.24) is 19.1 Å². The van der Waals surface area contributed by atoms with Crippen molar-refractivity contribution in [2.45, 2.75) is 19.0 Å². The average Bonchev–Trinajstić information content (AvgIpc) is 3.55. The van der Waals surface area contributed by atoms with E-state index in [1.807, 2.05) is 65.6 Å². The van der Waals surface area contributed by atoms with Gasteiger partial charge in [-0.3, -0.25) is 18.7 Å². The van der Waals surface area contributed by atoms with Crippen LogP contribution in [-0.2, 0) is 7.05 Å². The predicted octanol–water partition coefficient (Wildman–Crippen LogP) is 5.50. The largest absolute Gasteiger partial charge is 0.294 e. The van der Waals surface area contributed by atoms with Crippen LogP contribution < -0.4 is 5.56 Å². The Morgan fingerprint density at radius 3 is 2.67 bits per heavy atom. The van der Waals surface area contributed by atoms with E-state index in [1.165, 1.54) is 39.0 Å². The predicted molar refractivity (Wildman–Crippen MR) is 136 cm³/mol. The normalized spacial score (nSPS) is 11.4. The van der Waals surface area contributed by atoms with E-state index in [0.29, 0.717) is 20.9 Å². The molecular weight excluding hydrogens is 472 g/mol. The topological polar surface area (TPSA) is 69.8 Å². The van der Waals surface area contributed by atoms with Gasteiger partial charge in [0.15, 0.2) is 16.1 Å². The summed E-state index contributed by atoms with van der Waals surface area (Å²) in [6.07, 6.45) is 1.76. The van der Waals surface area contributed by atoms with Gasteiger partial charge >= 0.3 is 0 Å². The molecule has 0 radical (unpaired) electrons. The molecule has 5 aromatic rings. The summed E-state index contributed by atoms with van der Waals surface area (Å²) >= 11 is 4.28. The first kappa shape index (κ1) is 21.8. The zero-order valence-electron chi connectivity index (χ0n) is 18.2. The van der Waals surface area contributed by atoms with Crippen molar-refractivity contribution in [3.05, 3.63) is 80.7 Å². The fourth-order valence-corrected chi connectivity index (χ4v) is 6.48. The summed E-state index contributed by atoms with van der Waals surface area (Å²) in [5.74, 6) is 0.201. The Balaban J connectivity index is 1.43. The van der Waals surface area contributed by atoms with Crippen molar-refractivity contribution < 1.29 is 4.79 Å². The molecule has 5 rings (SSSR count). The van der Waals surface area contributed by atoms with Crippen LogP contribution in [0.4, 0.5) is 0 Å². The van der Waals surface area contributed by atoms with Gasteiger partial charge in [-0.1, -0.05) is 42.1 Å². The molecule has 0 fully saturated rings. The first-order valence-corrected chi connectivity index (χ1v) is 13.0. The van der Waals surface area contributed by atoms with Gasteiger partial charge in [0, 0.05) is 46.5 Å². The highest BCUT2D eigenvalue weighted by atomic mass is 32.2. The molecule has 0 saturated heterocycles. The zero-order chi connectivity index (χ0) is 23.1. The van der Waals surface area contributed by atoms with Gasteiger partial charge in [0.1, 0.15) is 4.83 Å². The number of carbonyl (C=O) groups excluding carboxylic acids is 1. The Hall–Kier alpha value is -3.01. The maximum atomic E-state index is 13.2. The van der Waals surface area contributed by atoms with Crippen molar-refractivity contribution in [3.8, 4) is 16.3 Å². The molecule has 0 amide bonds. The SMILES string of the molecule is Cc1cc(C(=O)CSc2nc3scc(-c4ccccc4)c3c(=O)n2C)c(C)n1-c1nccs1. The third kappa shape index (κ3) is 3.86. The van der Waals surface area contributed by atoms with Crippen LogP contribution in [0.5, 0.6) is 0 Å². The van der Waals surface area contributed by atoms with Gasteiger partial charge < -0.3 is 0 Å². The van der Waals surface area contributed by atoms with Crippen molar-refractivity contribution in [1.29, 1.82) is 0 Å². The Kier molecular flexibility index (Phi) is 5.77. The van der Waals surface area contributed by atoms with Gasteiger partial charge in [-0.2, -0.15) is 0 Å².